The van der Waals surface area contributed by atoms with Crippen LogP contribution in [-0.2, 0) is 15.7 Å². The Kier molecular flexibility index (Phi) is 6.96. The van der Waals surface area contributed by atoms with Gasteiger partial charge in [-0.2, -0.15) is 13.2 Å². The van der Waals surface area contributed by atoms with Gasteiger partial charge in [0.05, 0.1) is 21.8 Å². The van der Waals surface area contributed by atoms with Crippen LogP contribution in [0.5, 0.6) is 0 Å². The number of ether oxygens (including phenoxy) is 1. The lowest BCUT2D eigenvalue weighted by Crippen LogP contribution is -2.64. The topological polar surface area (TPSA) is 58.6 Å². The first-order valence-electron chi connectivity index (χ1n) is 8.46. The summed E-state index contributed by atoms with van der Waals surface area (Å²) in [6.07, 6.45) is -8.08. The number of carbonyl (C=O) groups is 1. The summed E-state index contributed by atoms with van der Waals surface area (Å²) in [6.45, 7) is 8.31. The zero-order chi connectivity index (χ0) is 21.4. The van der Waals surface area contributed by atoms with Crippen LogP contribution in [0.3, 0.4) is 0 Å². The van der Waals surface area contributed by atoms with Crippen molar-refractivity contribution in [2.75, 3.05) is 6.54 Å². The number of nitrogens with one attached hydrogen (secondary N) is 1. The number of rotatable bonds is 3. The van der Waals surface area contributed by atoms with Gasteiger partial charge in [-0.05, 0) is 41.5 Å². The Bertz CT molecular complexity index is 570. The first-order valence-corrected chi connectivity index (χ1v) is 9.61. The van der Waals surface area contributed by atoms with Gasteiger partial charge in [0.1, 0.15) is 11.6 Å². The Morgan fingerprint density at radius 2 is 1.70 bits per heavy atom. The minimum atomic E-state index is -5.00. The summed E-state index contributed by atoms with van der Waals surface area (Å²) in [7, 11) is -2.18. The average Bonchev–Trinajstić information content (AvgIpc) is 2.38. The first-order chi connectivity index (χ1) is 11.8. The number of hydrogen-bond donors (Lipinski definition) is 1. The molecule has 5 nitrogen and oxygen atoms in total. The van der Waals surface area contributed by atoms with Crippen LogP contribution in [0.15, 0.2) is 0 Å². The predicted octanol–water partition coefficient (Wildman–Crippen LogP) is 4.00. The van der Waals surface area contributed by atoms with Gasteiger partial charge in [-0.25, -0.2) is 22.5 Å². The molecule has 0 aromatic carbocycles. The second kappa shape index (κ2) is 7.81. The molecule has 1 rings (SSSR count). The van der Waals surface area contributed by atoms with Crippen molar-refractivity contribution in [1.82, 2.24) is 9.62 Å². The lowest BCUT2D eigenvalue weighted by molar-refractivity contribution is -0.179. The van der Waals surface area contributed by atoms with Crippen molar-refractivity contribution in [2.45, 2.75) is 88.9 Å². The van der Waals surface area contributed by atoms with E-state index in [2.05, 4.69) is 0 Å². The van der Waals surface area contributed by atoms with Gasteiger partial charge in [-0.3, -0.25) is 0 Å². The standard InChI is InChI=1S/C16H27F5N2O3S/c1-13(2,3)26-12(24)23-8-7-15(17,18)9-10(23)11(16(19,20)21)22-27(25)14(4,5)6/h10-11,22H,7-9H2,1-6H3. The molecule has 0 spiro atoms. The van der Waals surface area contributed by atoms with Gasteiger partial charge in [0.25, 0.3) is 5.92 Å². The molecule has 0 saturated carbocycles. The summed E-state index contributed by atoms with van der Waals surface area (Å²) >= 11 is 0. The number of alkyl halides is 5. The monoisotopic (exact) mass is 422 g/mol. The van der Waals surface area contributed by atoms with Crippen LogP contribution in [0.2, 0.25) is 0 Å². The van der Waals surface area contributed by atoms with Gasteiger partial charge in [-0.1, -0.05) is 0 Å². The van der Waals surface area contributed by atoms with Crippen molar-refractivity contribution >= 4 is 17.1 Å². The fourth-order valence-corrected chi connectivity index (χ4v) is 3.34. The van der Waals surface area contributed by atoms with E-state index in [0.717, 1.165) is 0 Å². The van der Waals surface area contributed by atoms with Crippen LogP contribution in [0.1, 0.15) is 54.4 Å². The fourth-order valence-electron chi connectivity index (χ4n) is 2.47. The number of carbonyl (C=O) groups excluding carboxylic acids is 1. The maximum absolute atomic E-state index is 13.9. The van der Waals surface area contributed by atoms with E-state index in [1.807, 2.05) is 4.72 Å². The molecular weight excluding hydrogens is 395 g/mol. The molecule has 0 bridgehead atoms. The third-order valence-corrected chi connectivity index (χ3v) is 5.36. The van der Waals surface area contributed by atoms with E-state index in [9.17, 15) is 31.0 Å². The Morgan fingerprint density at radius 1 is 1.19 bits per heavy atom. The molecule has 11 heteroatoms. The number of halogens is 5. The summed E-state index contributed by atoms with van der Waals surface area (Å²) in [5.41, 5.74) is -1.00. The van der Waals surface area contributed by atoms with E-state index in [1.165, 1.54) is 41.5 Å². The molecule has 1 saturated heterocycles. The van der Waals surface area contributed by atoms with Crippen LogP contribution in [0.25, 0.3) is 0 Å². The first kappa shape index (κ1) is 24.1. The van der Waals surface area contributed by atoms with Crippen LogP contribution in [-0.4, -0.2) is 56.3 Å². The number of nitrogens with zero attached hydrogens (tertiary/aromatic N) is 1. The van der Waals surface area contributed by atoms with E-state index in [-0.39, 0.29) is 0 Å². The molecule has 1 amide bonds. The van der Waals surface area contributed by atoms with Crippen LogP contribution in [0, 0.1) is 0 Å². The highest BCUT2D eigenvalue weighted by atomic mass is 32.2. The van der Waals surface area contributed by atoms with Gasteiger partial charge in [0.2, 0.25) is 0 Å². The van der Waals surface area contributed by atoms with E-state index in [4.69, 9.17) is 4.74 Å². The predicted molar refractivity (Wildman–Crippen MR) is 91.8 cm³/mol. The molecule has 1 fully saturated rings. The molecule has 1 heterocycles. The zero-order valence-electron chi connectivity index (χ0n) is 16.2. The number of hydrogen-bond acceptors (Lipinski definition) is 3. The van der Waals surface area contributed by atoms with E-state index < -0.39 is 71.0 Å². The summed E-state index contributed by atoms with van der Waals surface area (Å²) in [4.78, 5) is 13.0. The molecule has 0 radical (unpaired) electrons. The zero-order valence-corrected chi connectivity index (χ0v) is 17.1. The quantitative estimate of drug-likeness (QED) is 0.700. The van der Waals surface area contributed by atoms with Gasteiger partial charge >= 0.3 is 12.3 Å². The molecular formula is C16H27F5N2O3S. The van der Waals surface area contributed by atoms with Crippen LogP contribution < -0.4 is 4.72 Å². The summed E-state index contributed by atoms with van der Waals surface area (Å²) in [5, 5.41) is 0. The minimum Gasteiger partial charge on any atom is -0.444 e. The Balaban J connectivity index is 3.25. The summed E-state index contributed by atoms with van der Waals surface area (Å²) in [6, 6.07) is -4.54. The molecule has 27 heavy (non-hydrogen) atoms. The second-order valence-electron chi connectivity index (χ2n) is 8.57. The van der Waals surface area contributed by atoms with Crippen molar-refractivity contribution in [1.29, 1.82) is 0 Å². The average molecular weight is 422 g/mol. The highest BCUT2D eigenvalue weighted by Crippen LogP contribution is 2.38. The molecule has 3 atom stereocenters. The Labute approximate surface area is 158 Å². The summed E-state index contributed by atoms with van der Waals surface area (Å²) < 4.78 is 86.9. The third-order valence-electron chi connectivity index (χ3n) is 3.78. The minimum absolute atomic E-state index is 0.594. The molecule has 0 aliphatic carbocycles. The van der Waals surface area contributed by atoms with Crippen molar-refractivity contribution in [3.8, 4) is 0 Å². The second-order valence-corrected chi connectivity index (χ2v) is 10.6. The van der Waals surface area contributed by atoms with Crippen LogP contribution >= 0.6 is 0 Å². The number of amides is 1. The molecule has 0 aromatic rings. The fraction of sp³-hybridized carbons (Fsp3) is 0.938. The number of piperidine rings is 1. The van der Waals surface area contributed by atoms with Gasteiger partial charge in [0, 0.05) is 19.4 Å². The third kappa shape index (κ3) is 7.17. The molecule has 0 aromatic heterocycles. The van der Waals surface area contributed by atoms with E-state index in [0.29, 0.717) is 4.90 Å². The van der Waals surface area contributed by atoms with Crippen molar-refractivity contribution in [3.05, 3.63) is 0 Å². The van der Waals surface area contributed by atoms with Crippen LogP contribution in [0.4, 0.5) is 26.7 Å². The Hall–Kier alpha value is -0.970. The van der Waals surface area contributed by atoms with Gasteiger partial charge < -0.3 is 9.64 Å². The van der Waals surface area contributed by atoms with Gasteiger partial charge in [-0.15, -0.1) is 0 Å². The van der Waals surface area contributed by atoms with Crippen molar-refractivity contribution in [3.63, 3.8) is 0 Å². The van der Waals surface area contributed by atoms with E-state index in [1.54, 1.807) is 0 Å². The van der Waals surface area contributed by atoms with Crippen molar-refractivity contribution < 1.29 is 35.7 Å². The van der Waals surface area contributed by atoms with Gasteiger partial charge in [0.15, 0.2) is 0 Å². The van der Waals surface area contributed by atoms with E-state index >= 15 is 0 Å². The smallest absolute Gasteiger partial charge is 0.410 e. The molecule has 1 N–H and O–H groups in total. The normalized spacial score (nSPS) is 23.7. The Morgan fingerprint density at radius 3 is 2.11 bits per heavy atom. The molecule has 1 aliphatic heterocycles. The lowest BCUT2D eigenvalue weighted by Gasteiger charge is -2.43. The lowest BCUT2D eigenvalue weighted by atomic mass is 9.93. The highest BCUT2D eigenvalue weighted by Gasteiger charge is 2.55. The van der Waals surface area contributed by atoms with Crippen molar-refractivity contribution in [2.24, 2.45) is 0 Å². The maximum Gasteiger partial charge on any atom is 0.410 e. The SMILES string of the molecule is CC(C)(C)OC(=O)N1CCC(F)(F)CC1C(NS(=O)C(C)(C)C)C(F)(F)F. The molecule has 3 unspecified atom stereocenters. The highest BCUT2D eigenvalue weighted by molar-refractivity contribution is 7.84. The molecule has 1 aliphatic rings. The number of likely N-dealkylation sites (tertiary alicyclic amines) is 1. The maximum atomic E-state index is 13.9. The molecule has 160 valence electrons. The summed E-state index contributed by atoms with van der Waals surface area (Å²) in [5.74, 6) is -3.38. The largest absolute Gasteiger partial charge is 0.444 e.